The number of rotatable bonds is 5. The van der Waals surface area contributed by atoms with E-state index in [2.05, 4.69) is 61.9 Å². The van der Waals surface area contributed by atoms with E-state index in [9.17, 15) is 0 Å². The molecule has 0 unspecified atom stereocenters. The molecule has 2 aromatic rings. The van der Waals surface area contributed by atoms with E-state index in [1.54, 1.807) is 0 Å². The van der Waals surface area contributed by atoms with Crippen LogP contribution in [0.1, 0.15) is 49.9 Å². The van der Waals surface area contributed by atoms with Crippen LogP contribution in [0, 0.1) is 0 Å². The Bertz CT molecular complexity index is 799. The number of hydrogen-bond acceptors (Lipinski definition) is 2. The number of likely N-dealkylation sites (tertiary alicyclic amines) is 1. The zero-order chi connectivity index (χ0) is 19.4. The lowest BCUT2D eigenvalue weighted by Gasteiger charge is -2.45. The molecule has 2 aromatic carbocycles. The third-order valence-electron chi connectivity index (χ3n) is 6.11. The molecule has 0 aromatic heterocycles. The summed E-state index contributed by atoms with van der Waals surface area (Å²) in [7, 11) is -2.82. The van der Waals surface area contributed by atoms with Crippen molar-refractivity contribution in [3.05, 3.63) is 64.6 Å². The van der Waals surface area contributed by atoms with Gasteiger partial charge < -0.3 is 0 Å². The maximum Gasteiger partial charge on any atom is 0.199 e. The third kappa shape index (κ3) is 4.16. The highest BCUT2D eigenvalue weighted by atomic mass is 79.9. The minimum Gasteiger partial charge on any atom is -0.299 e. The molecule has 0 N–H and O–H groups in total. The van der Waals surface area contributed by atoms with E-state index < -0.39 is 7.29 Å². The molecule has 2 aliphatic rings. The highest BCUT2D eigenvalue weighted by Crippen LogP contribution is 2.63. The molecule has 2 atom stereocenters. The largest absolute Gasteiger partial charge is 0.299 e. The first-order valence-electron chi connectivity index (χ1n) is 10.6. The summed E-state index contributed by atoms with van der Waals surface area (Å²) >= 11 is 3.57. The Morgan fingerprint density at radius 1 is 0.750 bits per heavy atom. The van der Waals surface area contributed by atoms with Gasteiger partial charge in [-0.1, -0.05) is 71.2 Å². The van der Waals surface area contributed by atoms with Crippen LogP contribution in [0.2, 0.25) is 0 Å². The number of halogens is 1. The van der Waals surface area contributed by atoms with E-state index in [1.165, 1.54) is 31.2 Å². The SMILES string of the molecule is O=[P@@](c1ccccc1)([C@@H](c1ccc(Br)cc1)N1CCCCC1)N1CCCCC1. The Labute approximate surface area is 177 Å². The van der Waals surface area contributed by atoms with E-state index >= 15 is 4.57 Å². The lowest BCUT2D eigenvalue weighted by atomic mass is 10.1. The monoisotopic (exact) mass is 460 g/mol. The van der Waals surface area contributed by atoms with Crippen molar-refractivity contribution in [2.24, 2.45) is 0 Å². The zero-order valence-electron chi connectivity index (χ0n) is 16.5. The summed E-state index contributed by atoms with van der Waals surface area (Å²) in [6.07, 6.45) is 7.21. The summed E-state index contributed by atoms with van der Waals surface area (Å²) in [5.41, 5.74) is 1.18. The van der Waals surface area contributed by atoms with E-state index in [4.69, 9.17) is 0 Å². The molecule has 0 bridgehead atoms. The topological polar surface area (TPSA) is 23.6 Å². The fraction of sp³-hybridized carbons (Fsp3) is 0.478. The minimum atomic E-state index is -2.82. The van der Waals surface area contributed by atoms with Crippen molar-refractivity contribution in [2.75, 3.05) is 26.2 Å². The fourth-order valence-corrected chi connectivity index (χ4v) is 8.62. The first-order valence-corrected chi connectivity index (χ1v) is 13.1. The maximum absolute atomic E-state index is 15.1. The van der Waals surface area contributed by atoms with Crippen molar-refractivity contribution in [3.63, 3.8) is 0 Å². The van der Waals surface area contributed by atoms with E-state index in [1.807, 2.05) is 18.2 Å². The van der Waals surface area contributed by atoms with Gasteiger partial charge in [0.2, 0.25) is 0 Å². The molecule has 4 rings (SSSR count). The summed E-state index contributed by atoms with van der Waals surface area (Å²) in [4.78, 5) is 2.51. The number of benzene rings is 2. The first-order chi connectivity index (χ1) is 13.7. The summed E-state index contributed by atoms with van der Waals surface area (Å²) in [5, 5.41) is 1.01. The number of hydrogen-bond donors (Lipinski definition) is 0. The fourth-order valence-electron chi connectivity index (χ4n) is 4.71. The molecule has 0 aliphatic carbocycles. The lowest BCUT2D eigenvalue weighted by molar-refractivity contribution is 0.198. The van der Waals surface area contributed by atoms with Gasteiger partial charge >= 0.3 is 0 Å². The van der Waals surface area contributed by atoms with Gasteiger partial charge in [0.25, 0.3) is 0 Å². The maximum atomic E-state index is 15.1. The van der Waals surface area contributed by atoms with E-state index in [0.717, 1.165) is 48.8 Å². The molecule has 3 nitrogen and oxygen atoms in total. The van der Waals surface area contributed by atoms with E-state index in [0.29, 0.717) is 0 Å². The summed E-state index contributed by atoms with van der Waals surface area (Å²) in [5.74, 6) is -0.0681. The minimum absolute atomic E-state index is 0.0681. The van der Waals surface area contributed by atoms with Crippen LogP contribution < -0.4 is 5.30 Å². The van der Waals surface area contributed by atoms with Gasteiger partial charge in [0.15, 0.2) is 7.29 Å². The van der Waals surface area contributed by atoms with Gasteiger partial charge in [-0.15, -0.1) is 0 Å². The number of piperidine rings is 2. The Hall–Kier alpha value is -0.930. The second kappa shape index (κ2) is 9.26. The summed E-state index contributed by atoms with van der Waals surface area (Å²) in [6.45, 7) is 3.94. The Kier molecular flexibility index (Phi) is 6.73. The third-order valence-corrected chi connectivity index (χ3v) is 10.2. The molecule has 0 spiro atoms. The Balaban J connectivity index is 1.84. The molecule has 2 saturated heterocycles. The highest BCUT2D eigenvalue weighted by Gasteiger charge is 2.45. The molecule has 28 heavy (non-hydrogen) atoms. The van der Waals surface area contributed by atoms with Crippen LogP contribution in [0.15, 0.2) is 59.1 Å². The molecule has 150 valence electrons. The van der Waals surface area contributed by atoms with Gasteiger partial charge in [0, 0.05) is 22.9 Å². The first kappa shape index (κ1) is 20.3. The highest BCUT2D eigenvalue weighted by molar-refractivity contribution is 9.10. The normalized spacial score (nSPS) is 22.5. The van der Waals surface area contributed by atoms with Crippen molar-refractivity contribution in [3.8, 4) is 0 Å². The standard InChI is InChI=1S/C23H30BrN2OP/c24-21-14-12-20(13-15-21)23(25-16-6-2-7-17-25)28(27,22-10-4-1-5-11-22)26-18-8-3-9-19-26/h1,4-5,10-15,23H,2-3,6-9,16-19H2/t23-,28-/m0/s1. The predicted molar refractivity (Wildman–Crippen MR) is 121 cm³/mol. The van der Waals surface area contributed by atoms with Gasteiger partial charge in [0.1, 0.15) is 5.78 Å². The average molecular weight is 461 g/mol. The van der Waals surface area contributed by atoms with Crippen molar-refractivity contribution < 1.29 is 4.57 Å². The molecular formula is C23H30BrN2OP. The van der Waals surface area contributed by atoms with Crippen LogP contribution in [0.25, 0.3) is 0 Å². The van der Waals surface area contributed by atoms with Crippen LogP contribution in [0.4, 0.5) is 0 Å². The number of nitrogens with zero attached hydrogens (tertiary/aromatic N) is 2. The molecule has 0 saturated carbocycles. The molecular weight excluding hydrogens is 431 g/mol. The Morgan fingerprint density at radius 2 is 1.32 bits per heavy atom. The van der Waals surface area contributed by atoms with Crippen LogP contribution >= 0.6 is 23.2 Å². The van der Waals surface area contributed by atoms with Gasteiger partial charge in [-0.25, -0.2) is 4.67 Å². The molecule has 0 radical (unpaired) electrons. The molecule has 2 fully saturated rings. The average Bonchev–Trinajstić information content (AvgIpc) is 2.77. The second-order valence-corrected chi connectivity index (χ2v) is 11.7. The smallest absolute Gasteiger partial charge is 0.199 e. The van der Waals surface area contributed by atoms with Crippen molar-refractivity contribution in [2.45, 2.75) is 44.3 Å². The molecule has 0 amide bonds. The molecule has 5 heteroatoms. The molecule has 2 heterocycles. The van der Waals surface area contributed by atoms with Gasteiger partial charge in [-0.3, -0.25) is 9.46 Å². The van der Waals surface area contributed by atoms with Crippen LogP contribution in [0.3, 0.4) is 0 Å². The van der Waals surface area contributed by atoms with Crippen LogP contribution in [0.5, 0.6) is 0 Å². The Morgan fingerprint density at radius 3 is 1.93 bits per heavy atom. The van der Waals surface area contributed by atoms with E-state index in [-0.39, 0.29) is 5.78 Å². The lowest BCUT2D eigenvalue weighted by Crippen LogP contribution is -2.41. The zero-order valence-corrected chi connectivity index (χ0v) is 19.0. The predicted octanol–water partition coefficient (Wildman–Crippen LogP) is 6.02. The van der Waals surface area contributed by atoms with Crippen LogP contribution in [-0.4, -0.2) is 35.7 Å². The van der Waals surface area contributed by atoms with Crippen LogP contribution in [-0.2, 0) is 4.57 Å². The van der Waals surface area contributed by atoms with Crippen molar-refractivity contribution >= 4 is 28.5 Å². The molecule has 2 aliphatic heterocycles. The van der Waals surface area contributed by atoms with Gasteiger partial charge in [0.05, 0.1) is 0 Å². The van der Waals surface area contributed by atoms with Gasteiger partial charge in [-0.2, -0.15) is 0 Å². The van der Waals surface area contributed by atoms with Gasteiger partial charge in [-0.05, 0) is 56.5 Å². The van der Waals surface area contributed by atoms with Crippen molar-refractivity contribution in [1.82, 2.24) is 9.57 Å². The van der Waals surface area contributed by atoms with Crippen molar-refractivity contribution in [1.29, 1.82) is 0 Å². The second-order valence-electron chi connectivity index (χ2n) is 7.99. The summed E-state index contributed by atoms with van der Waals surface area (Å²) < 4.78 is 18.5. The summed E-state index contributed by atoms with van der Waals surface area (Å²) in [6, 6.07) is 18.8. The quantitative estimate of drug-likeness (QED) is 0.509.